The Labute approximate surface area is 431 Å². The van der Waals surface area contributed by atoms with Crippen LogP contribution in [0.3, 0.4) is 0 Å². The van der Waals surface area contributed by atoms with Crippen LogP contribution in [0.4, 0.5) is 0 Å². The van der Waals surface area contributed by atoms with Gasteiger partial charge in [0.05, 0.1) is 50.8 Å². The predicted octanol–water partition coefficient (Wildman–Crippen LogP) is -1.89. The van der Waals surface area contributed by atoms with Crippen molar-refractivity contribution in [3.8, 4) is 0 Å². The van der Waals surface area contributed by atoms with Crippen molar-refractivity contribution >= 4 is 6.29 Å². The van der Waals surface area contributed by atoms with Crippen LogP contribution in [-0.2, 0) is 47.4 Å². The molecule has 22 heteroatoms. The lowest BCUT2D eigenvalue weighted by atomic mass is 9.30. The topological polar surface area (TPSA) is 343 Å². The first-order chi connectivity index (χ1) is 34.8. The molecule has 1 spiro atoms. The van der Waals surface area contributed by atoms with Crippen molar-refractivity contribution in [2.24, 2.45) is 50.2 Å². The predicted molar refractivity (Wildman–Crippen MR) is 251 cm³/mol. The van der Waals surface area contributed by atoms with Crippen LogP contribution in [0.25, 0.3) is 0 Å². The lowest BCUT2D eigenvalue weighted by Gasteiger charge is -2.75. The van der Waals surface area contributed by atoms with Crippen molar-refractivity contribution < 1.29 is 109 Å². The van der Waals surface area contributed by atoms with Crippen LogP contribution in [0, 0.1) is 50.2 Å². The van der Waals surface area contributed by atoms with Crippen LogP contribution in [0.15, 0.2) is 0 Å². The van der Waals surface area contributed by atoms with Gasteiger partial charge in [0.1, 0.15) is 91.7 Å². The molecule has 0 aromatic carbocycles. The molecular formula is C52H84O22. The van der Waals surface area contributed by atoms with Crippen molar-refractivity contribution in [3.05, 3.63) is 0 Å². The van der Waals surface area contributed by atoms with Gasteiger partial charge in [0.25, 0.3) is 0 Å². The third-order valence-corrected chi connectivity index (χ3v) is 22.0. The maximum Gasteiger partial charge on any atom is 0.187 e. The minimum absolute atomic E-state index is 0.0727. The van der Waals surface area contributed by atoms with Gasteiger partial charge in [-0.05, 0) is 98.2 Å². The molecule has 5 saturated carbocycles. The number of aliphatic hydroxyl groups is 12. The number of hydrogen-bond acceptors (Lipinski definition) is 22. The standard InChI is InChI=1S/C52H84O22/c1-46(2)27-7-11-49(5)28(8-12-52-29-15-47(3,21-55)13-14-51(29,22-68-52)30(57)16-50(49,52)6)48(27,4)10-9-31(46)72-44-40(74-43-39(65)36(62)33(59)24(17-53)69-43)35(61)26(20-67-44)71-45-41(37(63)34(60)25(18-54)70-45)73-42-38(64)32(58)23(56)19-66-42/h21,23-45,53-54,56-65H,7-20,22H2,1-6H3/t23-,24-,25-,26+,27+,28-,29-,30-,31+,32+,33-,34-,35+,36+,37+,38-,39-,40-,41?,42+,43+,44+,45+,47+,48+,49-,50+,51-,52+/m1/s1. The number of ether oxygens (including phenoxy) is 9. The molecule has 12 N–H and O–H groups in total. The van der Waals surface area contributed by atoms with Crippen LogP contribution < -0.4 is 0 Å². The molecule has 1 unspecified atom stereocenters. The summed E-state index contributed by atoms with van der Waals surface area (Å²) in [7, 11) is 0. The first-order valence-electron chi connectivity index (χ1n) is 27.1. The Morgan fingerprint density at radius 1 is 0.554 bits per heavy atom. The maximum absolute atomic E-state index is 12.6. The Morgan fingerprint density at radius 2 is 1.18 bits per heavy atom. The van der Waals surface area contributed by atoms with Gasteiger partial charge in [-0.1, -0.05) is 41.5 Å². The zero-order valence-electron chi connectivity index (χ0n) is 43.4. The Kier molecular flexibility index (Phi) is 15.0. The highest BCUT2D eigenvalue weighted by Crippen LogP contribution is 2.80. The minimum atomic E-state index is -1.89. The van der Waals surface area contributed by atoms with E-state index in [1.54, 1.807) is 0 Å². The monoisotopic (exact) mass is 1060 g/mol. The highest BCUT2D eigenvalue weighted by molar-refractivity contribution is 5.59. The SMILES string of the molecule is CC1(C)[C@@H](O[C@@H]2OC[C@H](O[C@@H]3O[C@H](CO)[C@@H](O)[C@H](O)C3O[C@@H]3OC[C@@H](O)[C@H](O)[C@H]3O)[C@H](O)[C@H]2O[C@@H]2O[C@H](CO)[C@@H](O)[C@H](O)[C@H]2O)CC[C@]2(C)[C@H]3CC[C@]45OC[C@@]6(CC[C@](C)(C=O)C[C@H]64)[C@H](O)C[C@@]5(C)[C@]3(C)CC[C@@H]12. The number of aldehydes is 1. The van der Waals surface area contributed by atoms with E-state index in [0.717, 1.165) is 51.2 Å². The summed E-state index contributed by atoms with van der Waals surface area (Å²) in [6.07, 6.45) is -22.1. The molecule has 2 bridgehead atoms. The summed E-state index contributed by atoms with van der Waals surface area (Å²) in [5.74, 6) is 0.456. The van der Waals surface area contributed by atoms with E-state index in [4.69, 9.17) is 42.6 Å². The lowest BCUT2D eigenvalue weighted by Crippen LogP contribution is -2.74. The van der Waals surface area contributed by atoms with E-state index < -0.39 is 166 Å². The van der Waals surface area contributed by atoms with Crippen LogP contribution in [-0.4, -0.2) is 229 Å². The minimum Gasteiger partial charge on any atom is -0.394 e. The van der Waals surface area contributed by atoms with Crippen molar-refractivity contribution in [2.75, 3.05) is 33.0 Å². The quantitative estimate of drug-likeness (QED) is 0.0795. The molecule has 10 aliphatic rings. The van der Waals surface area contributed by atoms with Crippen molar-refractivity contribution in [2.45, 2.75) is 234 Å². The molecule has 22 nitrogen and oxygen atoms in total. The third-order valence-electron chi connectivity index (χ3n) is 22.0. The Morgan fingerprint density at radius 3 is 1.86 bits per heavy atom. The molecule has 74 heavy (non-hydrogen) atoms. The molecule has 5 saturated heterocycles. The molecule has 0 aromatic heterocycles. The van der Waals surface area contributed by atoms with E-state index in [9.17, 15) is 66.1 Å². The molecule has 5 aliphatic carbocycles. The smallest absolute Gasteiger partial charge is 0.187 e. The lowest BCUT2D eigenvalue weighted by molar-refractivity contribution is -0.392. The molecule has 0 radical (unpaired) electrons. The second-order valence-electron chi connectivity index (χ2n) is 25.8. The average Bonchev–Trinajstić information content (AvgIpc) is 3.65. The molecule has 10 fully saturated rings. The maximum atomic E-state index is 12.6. The van der Waals surface area contributed by atoms with Gasteiger partial charge in [-0.15, -0.1) is 0 Å². The second kappa shape index (κ2) is 19.8. The number of carbonyl (C=O) groups excluding carboxylic acids is 1. The van der Waals surface area contributed by atoms with E-state index in [-0.39, 0.29) is 39.4 Å². The molecule has 5 heterocycles. The average molecular weight is 1060 g/mol. The van der Waals surface area contributed by atoms with Gasteiger partial charge in [-0.3, -0.25) is 0 Å². The fourth-order valence-corrected chi connectivity index (χ4v) is 17.4. The van der Waals surface area contributed by atoms with Crippen LogP contribution >= 0.6 is 0 Å². The van der Waals surface area contributed by atoms with Crippen LogP contribution in [0.5, 0.6) is 0 Å². The molecule has 5 aliphatic heterocycles. The van der Waals surface area contributed by atoms with Crippen molar-refractivity contribution in [3.63, 3.8) is 0 Å². The summed E-state index contributed by atoms with van der Waals surface area (Å²) in [6, 6.07) is 0. The largest absolute Gasteiger partial charge is 0.394 e. The fourth-order valence-electron chi connectivity index (χ4n) is 17.4. The van der Waals surface area contributed by atoms with Gasteiger partial charge >= 0.3 is 0 Å². The summed E-state index contributed by atoms with van der Waals surface area (Å²) in [4.78, 5) is 12.6. The molecule has 0 aromatic rings. The van der Waals surface area contributed by atoms with E-state index in [1.165, 1.54) is 0 Å². The highest BCUT2D eigenvalue weighted by atomic mass is 16.8. The number of fused-ring (bicyclic) bond motifs is 4. The normalized spacial score (nSPS) is 58.1. The van der Waals surface area contributed by atoms with Crippen molar-refractivity contribution in [1.29, 1.82) is 0 Å². The molecule has 424 valence electrons. The highest BCUT2D eigenvalue weighted by Gasteiger charge is 2.80. The fraction of sp³-hybridized carbons (Fsp3) is 0.981. The van der Waals surface area contributed by atoms with Gasteiger partial charge in [-0.2, -0.15) is 0 Å². The summed E-state index contributed by atoms with van der Waals surface area (Å²) in [6.45, 7) is 11.7. The van der Waals surface area contributed by atoms with E-state index >= 15 is 0 Å². The van der Waals surface area contributed by atoms with Gasteiger partial charge < -0.3 is 109 Å². The summed E-state index contributed by atoms with van der Waals surface area (Å²) < 4.78 is 55.9. The summed E-state index contributed by atoms with van der Waals surface area (Å²) in [5, 5.41) is 130. The third kappa shape index (κ3) is 8.31. The Hall–Kier alpha value is -1.17. The number of hydrogen-bond donors (Lipinski definition) is 12. The van der Waals surface area contributed by atoms with Gasteiger partial charge in [0, 0.05) is 16.2 Å². The first kappa shape index (κ1) is 56.1. The second-order valence-corrected chi connectivity index (χ2v) is 25.8. The molecule has 29 atom stereocenters. The van der Waals surface area contributed by atoms with Gasteiger partial charge in [0.2, 0.25) is 0 Å². The molecular weight excluding hydrogens is 977 g/mol. The van der Waals surface area contributed by atoms with Crippen LogP contribution in [0.2, 0.25) is 0 Å². The zero-order chi connectivity index (χ0) is 53.5. The molecule has 0 amide bonds. The van der Waals surface area contributed by atoms with E-state index in [0.29, 0.717) is 25.9 Å². The first-order valence-corrected chi connectivity index (χ1v) is 27.1. The van der Waals surface area contributed by atoms with E-state index in [1.807, 2.05) is 0 Å². The number of carbonyl (C=O) groups is 1. The van der Waals surface area contributed by atoms with Crippen molar-refractivity contribution in [1.82, 2.24) is 0 Å². The molecule has 10 rings (SSSR count). The zero-order valence-corrected chi connectivity index (χ0v) is 43.4. The van der Waals surface area contributed by atoms with E-state index in [2.05, 4.69) is 41.5 Å². The Bertz CT molecular complexity index is 2020. The van der Waals surface area contributed by atoms with Crippen LogP contribution in [0.1, 0.15) is 106 Å². The van der Waals surface area contributed by atoms with Gasteiger partial charge in [0.15, 0.2) is 25.2 Å². The number of rotatable bonds is 11. The number of aliphatic hydroxyl groups excluding tert-OH is 12. The summed E-state index contributed by atoms with van der Waals surface area (Å²) in [5.41, 5.74) is -2.57. The summed E-state index contributed by atoms with van der Waals surface area (Å²) >= 11 is 0. The Balaban J connectivity index is 0.901. The van der Waals surface area contributed by atoms with Gasteiger partial charge in [-0.25, -0.2) is 0 Å².